The molecule has 17 heavy (non-hydrogen) atoms. The van der Waals surface area contributed by atoms with Crippen LogP contribution in [-0.2, 0) is 4.74 Å². The molecule has 96 valence electrons. The van der Waals surface area contributed by atoms with Crippen LogP contribution in [0.3, 0.4) is 0 Å². The summed E-state index contributed by atoms with van der Waals surface area (Å²) in [5.74, 6) is 0.744. The first-order valence-corrected chi connectivity index (χ1v) is 6.51. The van der Waals surface area contributed by atoms with Gasteiger partial charge < -0.3 is 10.5 Å². The summed E-state index contributed by atoms with van der Waals surface area (Å²) in [5, 5.41) is 0. The van der Waals surface area contributed by atoms with Crippen molar-refractivity contribution in [3.05, 3.63) is 35.4 Å². The van der Waals surface area contributed by atoms with E-state index >= 15 is 0 Å². The molecule has 0 saturated carbocycles. The minimum absolute atomic E-state index is 0.0436. The van der Waals surface area contributed by atoms with Crippen molar-refractivity contribution < 1.29 is 4.74 Å². The van der Waals surface area contributed by atoms with E-state index in [0.29, 0.717) is 6.54 Å². The van der Waals surface area contributed by atoms with E-state index in [0.717, 1.165) is 18.9 Å². The standard InChI is InChI=1S/C15H25NO/c1-12(2)6-5-9-17-15(11-16)14-8-4-7-13(3)10-14/h4,7-8,10,12,15H,5-6,9,11,16H2,1-3H3. The molecule has 0 aliphatic carbocycles. The average Bonchev–Trinajstić information content (AvgIpc) is 2.29. The number of benzene rings is 1. The van der Waals surface area contributed by atoms with Crippen LogP contribution in [0.4, 0.5) is 0 Å². The maximum absolute atomic E-state index is 5.86. The summed E-state index contributed by atoms with van der Waals surface area (Å²) in [4.78, 5) is 0. The first-order chi connectivity index (χ1) is 8.13. The molecule has 0 radical (unpaired) electrons. The number of rotatable bonds is 7. The summed E-state index contributed by atoms with van der Waals surface area (Å²) >= 11 is 0. The van der Waals surface area contributed by atoms with Crippen LogP contribution < -0.4 is 5.73 Å². The molecule has 0 fully saturated rings. The molecule has 0 bridgehead atoms. The summed E-state index contributed by atoms with van der Waals surface area (Å²) in [6, 6.07) is 8.40. The van der Waals surface area contributed by atoms with Crippen molar-refractivity contribution in [3.63, 3.8) is 0 Å². The maximum Gasteiger partial charge on any atom is 0.0947 e. The van der Waals surface area contributed by atoms with Gasteiger partial charge in [0.25, 0.3) is 0 Å². The highest BCUT2D eigenvalue weighted by molar-refractivity contribution is 5.24. The molecule has 0 spiro atoms. The van der Waals surface area contributed by atoms with E-state index in [1.165, 1.54) is 17.5 Å². The monoisotopic (exact) mass is 235 g/mol. The van der Waals surface area contributed by atoms with E-state index in [2.05, 4.69) is 45.0 Å². The number of aryl methyl sites for hydroxylation is 1. The molecule has 0 heterocycles. The fourth-order valence-electron chi connectivity index (χ4n) is 1.89. The van der Waals surface area contributed by atoms with Crippen molar-refractivity contribution in [1.82, 2.24) is 0 Å². The van der Waals surface area contributed by atoms with Gasteiger partial charge in [-0.2, -0.15) is 0 Å². The normalized spacial score (nSPS) is 13.0. The third-order valence-electron chi connectivity index (χ3n) is 2.87. The quantitative estimate of drug-likeness (QED) is 0.735. The topological polar surface area (TPSA) is 35.2 Å². The molecule has 0 saturated heterocycles. The van der Waals surface area contributed by atoms with E-state index in [1.54, 1.807) is 0 Å². The van der Waals surface area contributed by atoms with Gasteiger partial charge in [0.1, 0.15) is 0 Å². The highest BCUT2D eigenvalue weighted by Gasteiger charge is 2.09. The molecule has 1 atom stereocenters. The highest BCUT2D eigenvalue weighted by Crippen LogP contribution is 2.18. The van der Waals surface area contributed by atoms with Crippen molar-refractivity contribution in [3.8, 4) is 0 Å². The Morgan fingerprint density at radius 2 is 2.06 bits per heavy atom. The zero-order chi connectivity index (χ0) is 12.7. The van der Waals surface area contributed by atoms with Gasteiger partial charge in [-0.1, -0.05) is 43.7 Å². The molecule has 1 rings (SSSR count). The highest BCUT2D eigenvalue weighted by atomic mass is 16.5. The Hall–Kier alpha value is -0.860. The molecular weight excluding hydrogens is 210 g/mol. The zero-order valence-electron chi connectivity index (χ0n) is 11.3. The predicted octanol–water partition coefficient (Wildman–Crippen LogP) is 3.45. The molecule has 2 heteroatoms. The largest absolute Gasteiger partial charge is 0.372 e. The van der Waals surface area contributed by atoms with E-state index in [-0.39, 0.29) is 6.10 Å². The molecule has 0 aliphatic heterocycles. The fraction of sp³-hybridized carbons (Fsp3) is 0.600. The minimum Gasteiger partial charge on any atom is -0.372 e. The summed E-state index contributed by atoms with van der Waals surface area (Å²) in [6.45, 7) is 7.91. The number of hydrogen-bond acceptors (Lipinski definition) is 2. The van der Waals surface area contributed by atoms with E-state index in [9.17, 15) is 0 Å². The van der Waals surface area contributed by atoms with Crippen molar-refractivity contribution in [2.75, 3.05) is 13.2 Å². The maximum atomic E-state index is 5.86. The second kappa shape index (κ2) is 7.46. The lowest BCUT2D eigenvalue weighted by Gasteiger charge is -2.17. The Labute approximate surface area is 105 Å². The van der Waals surface area contributed by atoms with Gasteiger partial charge in [0.05, 0.1) is 6.10 Å². The van der Waals surface area contributed by atoms with Gasteiger partial charge in [-0.15, -0.1) is 0 Å². The summed E-state index contributed by atoms with van der Waals surface area (Å²) < 4.78 is 5.86. The summed E-state index contributed by atoms with van der Waals surface area (Å²) in [6.07, 6.45) is 2.37. The van der Waals surface area contributed by atoms with Crippen LogP contribution in [-0.4, -0.2) is 13.2 Å². The number of hydrogen-bond donors (Lipinski definition) is 1. The van der Waals surface area contributed by atoms with Crippen LogP contribution in [0.25, 0.3) is 0 Å². The van der Waals surface area contributed by atoms with Crippen molar-refractivity contribution in [2.45, 2.75) is 39.7 Å². The van der Waals surface area contributed by atoms with Crippen LogP contribution >= 0.6 is 0 Å². The van der Waals surface area contributed by atoms with Crippen LogP contribution in [0.15, 0.2) is 24.3 Å². The summed E-state index contributed by atoms with van der Waals surface area (Å²) in [7, 11) is 0. The first kappa shape index (κ1) is 14.2. The Morgan fingerprint density at radius 3 is 2.65 bits per heavy atom. The third-order valence-corrected chi connectivity index (χ3v) is 2.87. The Morgan fingerprint density at radius 1 is 1.29 bits per heavy atom. The molecule has 1 aromatic rings. The fourth-order valence-corrected chi connectivity index (χ4v) is 1.89. The molecular formula is C15H25NO. The number of nitrogens with two attached hydrogens (primary N) is 1. The first-order valence-electron chi connectivity index (χ1n) is 6.51. The minimum atomic E-state index is 0.0436. The Bertz CT molecular complexity index is 322. The second-order valence-corrected chi connectivity index (χ2v) is 5.05. The van der Waals surface area contributed by atoms with Crippen molar-refractivity contribution >= 4 is 0 Å². The van der Waals surface area contributed by atoms with Gasteiger partial charge in [0.15, 0.2) is 0 Å². The van der Waals surface area contributed by atoms with E-state index in [4.69, 9.17) is 10.5 Å². The number of ether oxygens (including phenoxy) is 1. The Kier molecular flexibility index (Phi) is 6.23. The SMILES string of the molecule is Cc1cccc(C(CN)OCCCC(C)C)c1. The molecule has 1 unspecified atom stereocenters. The van der Waals surface area contributed by atoms with Crippen molar-refractivity contribution in [2.24, 2.45) is 11.7 Å². The van der Waals surface area contributed by atoms with Gasteiger partial charge in [0.2, 0.25) is 0 Å². The molecule has 1 aromatic carbocycles. The molecule has 2 nitrogen and oxygen atoms in total. The summed E-state index contributed by atoms with van der Waals surface area (Å²) in [5.41, 5.74) is 8.22. The van der Waals surface area contributed by atoms with Gasteiger partial charge in [-0.25, -0.2) is 0 Å². The second-order valence-electron chi connectivity index (χ2n) is 5.05. The lowest BCUT2D eigenvalue weighted by atomic mass is 10.1. The van der Waals surface area contributed by atoms with Gasteiger partial charge in [-0.3, -0.25) is 0 Å². The van der Waals surface area contributed by atoms with Gasteiger partial charge >= 0.3 is 0 Å². The Balaban J connectivity index is 2.43. The van der Waals surface area contributed by atoms with Gasteiger partial charge in [0, 0.05) is 13.2 Å². The molecule has 0 aromatic heterocycles. The zero-order valence-corrected chi connectivity index (χ0v) is 11.3. The van der Waals surface area contributed by atoms with Crippen molar-refractivity contribution in [1.29, 1.82) is 0 Å². The lowest BCUT2D eigenvalue weighted by Crippen LogP contribution is -2.16. The smallest absolute Gasteiger partial charge is 0.0947 e. The third kappa shape index (κ3) is 5.33. The van der Waals surface area contributed by atoms with Crippen LogP contribution in [0, 0.1) is 12.8 Å². The van der Waals surface area contributed by atoms with E-state index in [1.807, 2.05) is 0 Å². The predicted molar refractivity (Wildman–Crippen MR) is 73.0 cm³/mol. The van der Waals surface area contributed by atoms with E-state index < -0.39 is 0 Å². The lowest BCUT2D eigenvalue weighted by molar-refractivity contribution is 0.0545. The average molecular weight is 235 g/mol. The molecule has 2 N–H and O–H groups in total. The van der Waals surface area contributed by atoms with Crippen LogP contribution in [0.2, 0.25) is 0 Å². The molecule has 0 amide bonds. The molecule has 0 aliphatic rings. The van der Waals surface area contributed by atoms with Crippen LogP contribution in [0.1, 0.15) is 43.9 Å². The van der Waals surface area contributed by atoms with Crippen LogP contribution in [0.5, 0.6) is 0 Å². The van der Waals surface area contributed by atoms with Gasteiger partial charge in [-0.05, 0) is 31.2 Å².